The second kappa shape index (κ2) is 13.9. The van der Waals surface area contributed by atoms with Crippen LogP contribution in [0.3, 0.4) is 0 Å². The minimum Gasteiger partial charge on any atom is -0.331 e. The molecule has 0 aromatic heterocycles. The minimum atomic E-state index is -0.527. The van der Waals surface area contributed by atoms with E-state index >= 15 is 4.39 Å². The lowest BCUT2D eigenvalue weighted by molar-refractivity contribution is -0.123. The Hall–Kier alpha value is -3.51. The Bertz CT molecular complexity index is 1470. The zero-order valence-corrected chi connectivity index (χ0v) is 27.9. The number of hydrogen-bond acceptors (Lipinski definition) is 3. The molecule has 6 heteroatoms. The van der Waals surface area contributed by atoms with Gasteiger partial charge in [-0.15, -0.1) is 0 Å². The molecule has 1 N–H and O–H groups in total. The van der Waals surface area contributed by atoms with Gasteiger partial charge in [0.1, 0.15) is 5.82 Å². The third-order valence-electron chi connectivity index (χ3n) is 10.1. The molecule has 3 aromatic carbocycles. The number of benzene rings is 3. The van der Waals surface area contributed by atoms with Crippen molar-refractivity contribution in [1.82, 2.24) is 9.80 Å². The molecule has 2 unspecified atom stereocenters. The second-order valence-electron chi connectivity index (χ2n) is 14.2. The number of amides is 2. The van der Waals surface area contributed by atoms with Crippen LogP contribution in [0, 0.1) is 24.6 Å². The van der Waals surface area contributed by atoms with Crippen molar-refractivity contribution in [1.29, 1.82) is 0 Å². The molecule has 1 heterocycles. The van der Waals surface area contributed by atoms with Crippen LogP contribution in [-0.2, 0) is 16.8 Å². The summed E-state index contributed by atoms with van der Waals surface area (Å²) in [5.41, 5.74) is 4.63. The fraction of sp³-hybridized carbons (Fsp3) is 0.487. The fourth-order valence-electron chi connectivity index (χ4n) is 7.44. The lowest BCUT2D eigenvalue weighted by Crippen LogP contribution is -2.46. The largest absolute Gasteiger partial charge is 0.331 e. The number of likely N-dealkylation sites (tertiary alicyclic amines) is 1. The first-order valence-corrected chi connectivity index (χ1v) is 16.8. The predicted molar refractivity (Wildman–Crippen MR) is 181 cm³/mol. The molecule has 45 heavy (non-hydrogen) atoms. The van der Waals surface area contributed by atoms with Crippen molar-refractivity contribution in [3.8, 4) is 0 Å². The molecule has 5 rings (SSSR count). The molecule has 1 saturated heterocycles. The molecule has 0 spiro atoms. The summed E-state index contributed by atoms with van der Waals surface area (Å²) in [5, 5.41) is 3.17. The average molecular weight is 612 g/mol. The molecule has 2 fully saturated rings. The van der Waals surface area contributed by atoms with Crippen molar-refractivity contribution < 1.29 is 14.0 Å². The molecule has 2 aliphatic rings. The van der Waals surface area contributed by atoms with Crippen molar-refractivity contribution >= 4 is 17.5 Å². The van der Waals surface area contributed by atoms with Gasteiger partial charge in [-0.25, -0.2) is 4.39 Å². The third-order valence-corrected chi connectivity index (χ3v) is 10.1. The van der Waals surface area contributed by atoms with Crippen LogP contribution < -0.4 is 5.32 Å². The highest BCUT2D eigenvalue weighted by atomic mass is 19.1. The average Bonchev–Trinajstić information content (AvgIpc) is 3.44. The number of anilines is 1. The standard InChI is InChI=1S/C39H50FN3O2/c1-7-42(34-18-9-12-26(34)2)25-28-19-21-29(22-20-28)36-32(37(44)41-31-15-10-14-30(24-31)39(4,5)6)16-11-23-43(36)38(45)35-27(3)13-8-17-33(35)40/h8,10,13-15,17,19-22,24,26,32,34,36H,7,9,11-12,16,18,23,25H2,1-6H3,(H,41,44)/t26?,32-,34?,36-/m0/s1. The molecular weight excluding hydrogens is 561 g/mol. The normalized spacial score (nSPS) is 22.1. The molecule has 1 aliphatic carbocycles. The van der Waals surface area contributed by atoms with E-state index in [1.54, 1.807) is 24.0 Å². The van der Waals surface area contributed by atoms with Gasteiger partial charge in [-0.2, -0.15) is 0 Å². The van der Waals surface area contributed by atoms with Crippen LogP contribution in [0.4, 0.5) is 10.1 Å². The van der Waals surface area contributed by atoms with Crippen LogP contribution >= 0.6 is 0 Å². The van der Waals surface area contributed by atoms with E-state index in [0.717, 1.165) is 29.9 Å². The molecule has 3 aromatic rings. The molecule has 0 bridgehead atoms. The van der Waals surface area contributed by atoms with Crippen LogP contribution in [0.5, 0.6) is 0 Å². The number of piperidine rings is 1. The maximum Gasteiger partial charge on any atom is 0.257 e. The van der Waals surface area contributed by atoms with Gasteiger partial charge in [0.2, 0.25) is 5.91 Å². The molecule has 2 amide bonds. The van der Waals surface area contributed by atoms with Gasteiger partial charge in [-0.3, -0.25) is 14.5 Å². The van der Waals surface area contributed by atoms with Crippen LogP contribution in [0.25, 0.3) is 0 Å². The molecular formula is C39H50FN3O2. The van der Waals surface area contributed by atoms with E-state index in [4.69, 9.17) is 0 Å². The Morgan fingerprint density at radius 3 is 2.36 bits per heavy atom. The summed E-state index contributed by atoms with van der Waals surface area (Å²) in [5.74, 6) is -0.786. The number of nitrogens with one attached hydrogen (secondary N) is 1. The van der Waals surface area contributed by atoms with Gasteiger partial charge in [0, 0.05) is 24.8 Å². The number of nitrogens with zero attached hydrogens (tertiary/aromatic N) is 2. The maximum absolute atomic E-state index is 15.1. The Morgan fingerprint density at radius 1 is 0.978 bits per heavy atom. The van der Waals surface area contributed by atoms with Gasteiger partial charge in [-0.05, 0) is 90.9 Å². The van der Waals surface area contributed by atoms with Crippen molar-refractivity contribution in [2.24, 2.45) is 11.8 Å². The van der Waals surface area contributed by atoms with Crippen molar-refractivity contribution in [3.05, 3.63) is 100 Å². The van der Waals surface area contributed by atoms with E-state index in [9.17, 15) is 9.59 Å². The molecule has 1 aliphatic heterocycles. The monoisotopic (exact) mass is 611 g/mol. The van der Waals surface area contributed by atoms with Crippen LogP contribution in [-0.4, -0.2) is 40.7 Å². The Labute approximate surface area is 269 Å². The number of aryl methyl sites for hydroxylation is 1. The lowest BCUT2D eigenvalue weighted by Gasteiger charge is -2.41. The third kappa shape index (κ3) is 7.33. The first-order valence-electron chi connectivity index (χ1n) is 16.8. The van der Waals surface area contributed by atoms with Crippen molar-refractivity contribution in [2.45, 2.75) is 97.7 Å². The zero-order chi connectivity index (χ0) is 32.3. The van der Waals surface area contributed by atoms with E-state index in [1.165, 1.54) is 30.9 Å². The molecule has 1 saturated carbocycles. The highest BCUT2D eigenvalue weighted by molar-refractivity contribution is 5.98. The van der Waals surface area contributed by atoms with Crippen LogP contribution in [0.1, 0.15) is 105 Å². The summed E-state index contributed by atoms with van der Waals surface area (Å²) < 4.78 is 15.1. The highest BCUT2D eigenvalue weighted by Crippen LogP contribution is 2.39. The first kappa shape index (κ1) is 32.9. The van der Waals surface area contributed by atoms with E-state index in [2.05, 4.69) is 75.2 Å². The predicted octanol–water partition coefficient (Wildman–Crippen LogP) is 8.67. The number of hydrogen-bond donors (Lipinski definition) is 1. The molecule has 0 radical (unpaired) electrons. The Kier molecular flexibility index (Phi) is 10.1. The quantitative estimate of drug-likeness (QED) is 0.277. The fourth-order valence-corrected chi connectivity index (χ4v) is 7.44. The first-order chi connectivity index (χ1) is 21.5. The van der Waals surface area contributed by atoms with Gasteiger partial charge < -0.3 is 10.2 Å². The number of carbonyl (C=O) groups is 2. The van der Waals surface area contributed by atoms with E-state index in [-0.39, 0.29) is 22.8 Å². The lowest BCUT2D eigenvalue weighted by atomic mass is 9.82. The van der Waals surface area contributed by atoms with Crippen molar-refractivity contribution in [3.63, 3.8) is 0 Å². The molecule has 5 nitrogen and oxygen atoms in total. The van der Waals surface area contributed by atoms with E-state index in [1.807, 2.05) is 18.2 Å². The minimum absolute atomic E-state index is 0.0557. The number of rotatable bonds is 8. The van der Waals surface area contributed by atoms with Gasteiger partial charge in [0.05, 0.1) is 17.5 Å². The second-order valence-corrected chi connectivity index (χ2v) is 14.2. The summed E-state index contributed by atoms with van der Waals surface area (Å²) in [6, 6.07) is 21.2. The number of carbonyl (C=O) groups excluding carboxylic acids is 2. The highest BCUT2D eigenvalue weighted by Gasteiger charge is 2.40. The van der Waals surface area contributed by atoms with Gasteiger partial charge >= 0.3 is 0 Å². The number of halogens is 1. The SMILES string of the molecule is CCN(Cc1ccc([C@H]2[C@@H](C(=O)Nc3cccc(C(C)(C)C)c3)CCCN2C(=O)c2c(C)cccc2F)cc1)C1CCCC1C. The van der Waals surface area contributed by atoms with Gasteiger partial charge in [-0.1, -0.05) is 89.6 Å². The summed E-state index contributed by atoms with van der Waals surface area (Å²) >= 11 is 0. The molecule has 4 atom stereocenters. The Morgan fingerprint density at radius 2 is 1.71 bits per heavy atom. The van der Waals surface area contributed by atoms with Crippen LogP contribution in [0.2, 0.25) is 0 Å². The summed E-state index contributed by atoms with van der Waals surface area (Å²) in [6.07, 6.45) is 5.13. The summed E-state index contributed by atoms with van der Waals surface area (Å²) in [4.78, 5) is 32.4. The van der Waals surface area contributed by atoms with E-state index in [0.29, 0.717) is 36.9 Å². The zero-order valence-electron chi connectivity index (χ0n) is 27.9. The van der Waals surface area contributed by atoms with Crippen molar-refractivity contribution in [2.75, 3.05) is 18.4 Å². The smallest absolute Gasteiger partial charge is 0.257 e. The topological polar surface area (TPSA) is 52.7 Å². The summed E-state index contributed by atoms with van der Waals surface area (Å²) in [6.45, 7) is 15.2. The molecule has 240 valence electrons. The van der Waals surface area contributed by atoms with Gasteiger partial charge in [0.25, 0.3) is 5.91 Å². The summed E-state index contributed by atoms with van der Waals surface area (Å²) in [7, 11) is 0. The van der Waals surface area contributed by atoms with Crippen LogP contribution in [0.15, 0.2) is 66.7 Å². The van der Waals surface area contributed by atoms with E-state index < -0.39 is 17.8 Å². The Balaban J connectivity index is 1.46. The van der Waals surface area contributed by atoms with Gasteiger partial charge in [0.15, 0.2) is 0 Å². The maximum atomic E-state index is 15.1.